The van der Waals surface area contributed by atoms with Crippen molar-refractivity contribution in [2.24, 2.45) is 0 Å². The van der Waals surface area contributed by atoms with E-state index >= 15 is 0 Å². The Hall–Kier alpha value is -4.58. The molecule has 1 aliphatic rings. The summed E-state index contributed by atoms with van der Waals surface area (Å²) in [5.41, 5.74) is 6.80. The molecule has 0 saturated heterocycles. The van der Waals surface area contributed by atoms with E-state index in [0.29, 0.717) is 23.3 Å². The minimum atomic E-state index is -0.433. The average Bonchev–Trinajstić information content (AvgIpc) is 3.28. The molecule has 5 aromatic rings. The second kappa shape index (κ2) is 8.89. The molecule has 0 radical (unpaired) electrons. The zero-order chi connectivity index (χ0) is 24.6. The molecule has 6 rings (SSSR count). The topological polar surface area (TPSA) is 73.6 Å². The number of esters is 1. The Labute approximate surface area is 207 Å². The van der Waals surface area contributed by atoms with Crippen molar-refractivity contribution < 1.29 is 9.53 Å². The highest BCUT2D eigenvalue weighted by molar-refractivity contribution is 6.07. The fourth-order valence-electron chi connectivity index (χ4n) is 4.91. The maximum Gasteiger partial charge on any atom is 0.339 e. The van der Waals surface area contributed by atoms with E-state index in [4.69, 9.17) is 9.72 Å². The Morgan fingerprint density at radius 1 is 0.972 bits per heavy atom. The van der Waals surface area contributed by atoms with Crippen molar-refractivity contribution in [1.82, 2.24) is 14.4 Å². The molecule has 0 bridgehead atoms. The number of hydrogen-bond acceptors (Lipinski definition) is 5. The Kier molecular flexibility index (Phi) is 5.41. The summed E-state index contributed by atoms with van der Waals surface area (Å²) >= 11 is 0. The van der Waals surface area contributed by atoms with Crippen LogP contribution in [0.4, 0.5) is 0 Å². The number of pyridine rings is 2. The minimum Gasteiger partial charge on any atom is -0.456 e. The molecule has 36 heavy (non-hydrogen) atoms. The summed E-state index contributed by atoms with van der Waals surface area (Å²) in [5, 5.41) is 0.768. The first-order valence-electron chi connectivity index (χ1n) is 11.9. The SMILES string of the molecule is Cc1cccc2nc(COC(=O)c3c4c(nc5ccccc35)/C(=C/c3ccccc3)CC4)cc(=O)n12. The normalized spacial score (nSPS) is 13.9. The van der Waals surface area contributed by atoms with Crippen LogP contribution in [-0.4, -0.2) is 20.3 Å². The summed E-state index contributed by atoms with van der Waals surface area (Å²) in [5.74, 6) is -0.433. The van der Waals surface area contributed by atoms with Gasteiger partial charge in [-0.25, -0.2) is 14.8 Å². The Bertz CT molecular complexity index is 1740. The summed E-state index contributed by atoms with van der Waals surface area (Å²) in [7, 11) is 0. The number of para-hydroxylation sites is 1. The molecule has 0 N–H and O–H groups in total. The van der Waals surface area contributed by atoms with Gasteiger partial charge in [-0.2, -0.15) is 0 Å². The lowest BCUT2D eigenvalue weighted by Crippen LogP contribution is -2.18. The van der Waals surface area contributed by atoms with Crippen LogP contribution in [0, 0.1) is 6.92 Å². The first-order valence-corrected chi connectivity index (χ1v) is 11.9. The second-order valence-electron chi connectivity index (χ2n) is 8.93. The molecule has 6 nitrogen and oxygen atoms in total. The molecule has 0 spiro atoms. The van der Waals surface area contributed by atoms with Gasteiger partial charge in [-0.3, -0.25) is 9.20 Å². The number of carbonyl (C=O) groups is 1. The van der Waals surface area contributed by atoms with Gasteiger partial charge in [0, 0.05) is 17.1 Å². The Balaban J connectivity index is 1.37. The molecular formula is C30H23N3O3. The highest BCUT2D eigenvalue weighted by atomic mass is 16.5. The van der Waals surface area contributed by atoms with E-state index in [1.165, 1.54) is 10.5 Å². The van der Waals surface area contributed by atoms with Gasteiger partial charge >= 0.3 is 5.97 Å². The van der Waals surface area contributed by atoms with E-state index in [1.54, 1.807) is 6.07 Å². The van der Waals surface area contributed by atoms with E-state index < -0.39 is 5.97 Å². The number of carbonyl (C=O) groups excluding carboxylic acids is 1. The smallest absolute Gasteiger partial charge is 0.339 e. The Morgan fingerprint density at radius 3 is 2.64 bits per heavy atom. The van der Waals surface area contributed by atoms with Crippen LogP contribution < -0.4 is 5.56 Å². The van der Waals surface area contributed by atoms with E-state index in [9.17, 15) is 9.59 Å². The lowest BCUT2D eigenvalue weighted by molar-refractivity contribution is 0.0469. The van der Waals surface area contributed by atoms with Crippen LogP contribution in [0.15, 0.2) is 83.7 Å². The average molecular weight is 474 g/mol. The van der Waals surface area contributed by atoms with Crippen LogP contribution in [0.25, 0.3) is 28.2 Å². The van der Waals surface area contributed by atoms with Crippen molar-refractivity contribution in [2.45, 2.75) is 26.4 Å². The molecule has 2 aromatic carbocycles. The van der Waals surface area contributed by atoms with E-state index in [0.717, 1.165) is 45.4 Å². The standard InChI is InChI=1S/C30H23N3O3/c1-19-8-7-13-26-31-22(17-27(34)33(19)26)18-36-30(35)28-23-11-5-6-12-25(23)32-29-21(14-15-24(28)29)16-20-9-3-2-4-10-20/h2-13,16-17H,14-15,18H2,1H3/b21-16+. The van der Waals surface area contributed by atoms with Crippen LogP contribution in [-0.2, 0) is 17.8 Å². The van der Waals surface area contributed by atoms with Gasteiger partial charge < -0.3 is 4.74 Å². The molecule has 0 saturated carbocycles. The number of nitrogens with zero attached hydrogens (tertiary/aromatic N) is 3. The molecule has 0 aliphatic heterocycles. The fraction of sp³-hybridized carbons (Fsp3) is 0.133. The van der Waals surface area contributed by atoms with Crippen molar-refractivity contribution >= 4 is 34.2 Å². The summed E-state index contributed by atoms with van der Waals surface area (Å²) in [6.45, 7) is 1.77. The summed E-state index contributed by atoms with van der Waals surface area (Å²) in [4.78, 5) is 35.5. The van der Waals surface area contributed by atoms with Gasteiger partial charge in [-0.15, -0.1) is 0 Å². The minimum absolute atomic E-state index is 0.0867. The van der Waals surface area contributed by atoms with Gasteiger partial charge in [0.15, 0.2) is 0 Å². The fourth-order valence-corrected chi connectivity index (χ4v) is 4.91. The number of ether oxygens (including phenoxy) is 1. The van der Waals surface area contributed by atoms with Crippen molar-refractivity contribution in [1.29, 1.82) is 0 Å². The number of hydrogen-bond donors (Lipinski definition) is 0. The molecule has 6 heteroatoms. The first-order chi connectivity index (χ1) is 17.6. The quantitative estimate of drug-likeness (QED) is 0.327. The molecule has 0 amide bonds. The molecule has 0 fully saturated rings. The number of allylic oxidation sites excluding steroid dienone is 1. The molecule has 3 aromatic heterocycles. The van der Waals surface area contributed by atoms with E-state index in [-0.39, 0.29) is 12.2 Å². The third kappa shape index (κ3) is 3.86. The summed E-state index contributed by atoms with van der Waals surface area (Å²) < 4.78 is 7.28. The molecular weight excluding hydrogens is 450 g/mol. The van der Waals surface area contributed by atoms with Gasteiger partial charge in [0.1, 0.15) is 12.3 Å². The predicted molar refractivity (Wildman–Crippen MR) is 140 cm³/mol. The van der Waals surface area contributed by atoms with Gasteiger partial charge in [0.05, 0.1) is 22.5 Å². The first kappa shape index (κ1) is 21.9. The highest BCUT2D eigenvalue weighted by Crippen LogP contribution is 2.37. The van der Waals surface area contributed by atoms with Crippen LogP contribution in [0.1, 0.15) is 45.0 Å². The van der Waals surface area contributed by atoms with Crippen molar-refractivity contribution in [3.05, 3.63) is 123 Å². The van der Waals surface area contributed by atoms with Gasteiger partial charge in [0.25, 0.3) is 5.56 Å². The van der Waals surface area contributed by atoms with Crippen molar-refractivity contribution in [3.8, 4) is 0 Å². The largest absolute Gasteiger partial charge is 0.456 e. The van der Waals surface area contributed by atoms with Crippen LogP contribution >= 0.6 is 0 Å². The number of fused-ring (bicyclic) bond motifs is 3. The predicted octanol–water partition coefficient (Wildman–Crippen LogP) is 5.39. The zero-order valence-corrected chi connectivity index (χ0v) is 19.8. The second-order valence-corrected chi connectivity index (χ2v) is 8.93. The molecule has 3 heterocycles. The Morgan fingerprint density at radius 2 is 1.78 bits per heavy atom. The van der Waals surface area contributed by atoms with Crippen LogP contribution in [0.5, 0.6) is 0 Å². The van der Waals surface area contributed by atoms with Gasteiger partial charge in [-0.1, -0.05) is 54.6 Å². The van der Waals surface area contributed by atoms with E-state index in [2.05, 4.69) is 23.2 Å². The van der Waals surface area contributed by atoms with Crippen LogP contribution in [0.3, 0.4) is 0 Å². The maximum absolute atomic E-state index is 13.5. The lowest BCUT2D eigenvalue weighted by atomic mass is 10.0. The number of rotatable bonds is 4. The van der Waals surface area contributed by atoms with Crippen molar-refractivity contribution in [2.75, 3.05) is 0 Å². The van der Waals surface area contributed by atoms with E-state index in [1.807, 2.05) is 61.5 Å². The number of aromatic nitrogens is 3. The van der Waals surface area contributed by atoms with Gasteiger partial charge in [0.2, 0.25) is 0 Å². The molecule has 176 valence electrons. The third-order valence-corrected chi connectivity index (χ3v) is 6.57. The number of aryl methyl sites for hydroxylation is 1. The maximum atomic E-state index is 13.5. The monoisotopic (exact) mass is 473 g/mol. The van der Waals surface area contributed by atoms with Crippen LogP contribution in [0.2, 0.25) is 0 Å². The number of benzene rings is 2. The third-order valence-electron chi connectivity index (χ3n) is 6.57. The summed E-state index contributed by atoms with van der Waals surface area (Å²) in [6.07, 6.45) is 3.65. The highest BCUT2D eigenvalue weighted by Gasteiger charge is 2.27. The summed E-state index contributed by atoms with van der Waals surface area (Å²) in [6, 6.07) is 24.6. The molecule has 0 unspecified atom stereocenters. The van der Waals surface area contributed by atoms with Crippen molar-refractivity contribution in [3.63, 3.8) is 0 Å². The molecule has 0 atom stereocenters. The van der Waals surface area contributed by atoms with Gasteiger partial charge in [-0.05, 0) is 60.7 Å². The molecule has 1 aliphatic carbocycles. The zero-order valence-electron chi connectivity index (χ0n) is 19.8. The lowest BCUT2D eigenvalue weighted by Gasteiger charge is -2.13.